The van der Waals surface area contributed by atoms with E-state index in [2.05, 4.69) is 11.0 Å². The summed E-state index contributed by atoms with van der Waals surface area (Å²) >= 11 is 0. The van der Waals surface area contributed by atoms with Gasteiger partial charge >= 0.3 is 0 Å². The minimum Gasteiger partial charge on any atom is -0.390 e. The van der Waals surface area contributed by atoms with E-state index in [1.54, 1.807) is 4.90 Å². The Bertz CT molecular complexity index is 349. The number of hydrogen-bond donors (Lipinski definition) is 1. The standard InChI is InChI=1S/C14H23N3O2/c15-6-2-7-16(9-12-4-5-12)10-13(18)11-17-8-1-3-14(17)19/h12-13,18H,1-5,7-11H2. The second-order valence-corrected chi connectivity index (χ2v) is 5.71. The molecule has 1 N–H and O–H groups in total. The van der Waals surface area contributed by atoms with Gasteiger partial charge in [-0.05, 0) is 25.2 Å². The fraction of sp³-hybridized carbons (Fsp3) is 0.857. The van der Waals surface area contributed by atoms with Crippen LogP contribution in [0.2, 0.25) is 0 Å². The van der Waals surface area contributed by atoms with Gasteiger partial charge in [0.15, 0.2) is 0 Å². The van der Waals surface area contributed by atoms with Crippen LogP contribution in [0.15, 0.2) is 0 Å². The van der Waals surface area contributed by atoms with Gasteiger partial charge in [0.05, 0.1) is 12.2 Å². The first-order valence-electron chi connectivity index (χ1n) is 7.24. The van der Waals surface area contributed by atoms with Gasteiger partial charge in [-0.1, -0.05) is 0 Å². The molecule has 0 radical (unpaired) electrons. The van der Waals surface area contributed by atoms with E-state index in [1.807, 2.05) is 0 Å². The average Bonchev–Trinajstić information content (AvgIpc) is 3.10. The predicted molar refractivity (Wildman–Crippen MR) is 71.2 cm³/mol. The largest absolute Gasteiger partial charge is 0.390 e. The summed E-state index contributed by atoms with van der Waals surface area (Å²) in [7, 11) is 0. The Morgan fingerprint density at radius 2 is 2.32 bits per heavy atom. The van der Waals surface area contributed by atoms with Crippen molar-refractivity contribution >= 4 is 5.91 Å². The lowest BCUT2D eigenvalue weighted by Crippen LogP contribution is -2.41. The van der Waals surface area contributed by atoms with Crippen LogP contribution in [0.3, 0.4) is 0 Å². The van der Waals surface area contributed by atoms with Crippen molar-refractivity contribution in [2.24, 2.45) is 5.92 Å². The molecule has 1 amide bonds. The van der Waals surface area contributed by atoms with E-state index in [1.165, 1.54) is 12.8 Å². The predicted octanol–water partition coefficient (Wildman–Crippen LogP) is 0.595. The number of carbonyl (C=O) groups excluding carboxylic acids is 1. The minimum atomic E-state index is -0.500. The van der Waals surface area contributed by atoms with Gasteiger partial charge in [0.25, 0.3) is 0 Å². The zero-order valence-corrected chi connectivity index (χ0v) is 11.4. The summed E-state index contributed by atoms with van der Waals surface area (Å²) in [5.41, 5.74) is 0. The number of likely N-dealkylation sites (tertiary alicyclic amines) is 1. The lowest BCUT2D eigenvalue weighted by atomic mass is 10.2. The highest BCUT2D eigenvalue weighted by molar-refractivity contribution is 5.78. The van der Waals surface area contributed by atoms with Gasteiger partial charge in [0.2, 0.25) is 5.91 Å². The summed E-state index contributed by atoms with van der Waals surface area (Å²) in [6.45, 7) is 3.48. The number of amides is 1. The quantitative estimate of drug-likeness (QED) is 0.697. The third-order valence-corrected chi connectivity index (χ3v) is 3.82. The fourth-order valence-electron chi connectivity index (χ4n) is 2.64. The maximum atomic E-state index is 11.5. The number of aliphatic hydroxyl groups is 1. The molecular weight excluding hydrogens is 242 g/mol. The molecule has 1 aliphatic carbocycles. The Morgan fingerprint density at radius 3 is 2.89 bits per heavy atom. The molecule has 0 bridgehead atoms. The number of carbonyl (C=O) groups is 1. The topological polar surface area (TPSA) is 67.6 Å². The Labute approximate surface area is 114 Å². The number of rotatable bonds is 8. The molecule has 1 saturated heterocycles. The van der Waals surface area contributed by atoms with Gasteiger partial charge < -0.3 is 10.0 Å². The molecule has 2 fully saturated rings. The maximum absolute atomic E-state index is 11.5. The van der Waals surface area contributed by atoms with Gasteiger partial charge in [-0.15, -0.1) is 0 Å². The summed E-state index contributed by atoms with van der Waals surface area (Å²) in [5, 5.41) is 18.8. The first kappa shape index (κ1) is 14.3. The summed E-state index contributed by atoms with van der Waals surface area (Å²) < 4.78 is 0. The van der Waals surface area contributed by atoms with E-state index in [4.69, 9.17) is 5.26 Å². The average molecular weight is 265 g/mol. The van der Waals surface area contributed by atoms with E-state index in [0.717, 1.165) is 32.0 Å². The summed E-state index contributed by atoms with van der Waals surface area (Å²) in [4.78, 5) is 15.4. The first-order valence-corrected chi connectivity index (χ1v) is 7.24. The van der Waals surface area contributed by atoms with Crippen LogP contribution >= 0.6 is 0 Å². The Kier molecular flexibility index (Phi) is 5.17. The SMILES string of the molecule is N#CCCN(CC(O)CN1CCCC1=O)CC1CC1. The van der Waals surface area contributed by atoms with E-state index in [-0.39, 0.29) is 5.91 Å². The number of β-amino-alcohol motifs (C(OH)–C–C–N with tert-alkyl or cyclic N) is 1. The molecule has 2 aliphatic rings. The van der Waals surface area contributed by atoms with Crippen molar-refractivity contribution in [3.8, 4) is 6.07 Å². The zero-order chi connectivity index (χ0) is 13.7. The van der Waals surface area contributed by atoms with Crippen molar-refractivity contribution in [3.05, 3.63) is 0 Å². The van der Waals surface area contributed by atoms with E-state index < -0.39 is 6.10 Å². The molecule has 1 aliphatic heterocycles. The van der Waals surface area contributed by atoms with Crippen LogP contribution in [0, 0.1) is 17.2 Å². The van der Waals surface area contributed by atoms with Crippen LogP contribution < -0.4 is 0 Å². The highest BCUT2D eigenvalue weighted by Gasteiger charge is 2.27. The molecule has 5 heteroatoms. The van der Waals surface area contributed by atoms with Gasteiger partial charge in [-0.3, -0.25) is 9.69 Å². The third kappa shape index (κ3) is 4.81. The van der Waals surface area contributed by atoms with E-state index in [9.17, 15) is 9.90 Å². The smallest absolute Gasteiger partial charge is 0.222 e. The number of hydrogen-bond acceptors (Lipinski definition) is 4. The highest BCUT2D eigenvalue weighted by atomic mass is 16.3. The zero-order valence-electron chi connectivity index (χ0n) is 11.4. The summed E-state index contributed by atoms with van der Waals surface area (Å²) in [6, 6.07) is 2.16. The second kappa shape index (κ2) is 6.88. The Hall–Kier alpha value is -1.12. The summed E-state index contributed by atoms with van der Waals surface area (Å²) in [6.07, 6.45) is 4.06. The lowest BCUT2D eigenvalue weighted by Gasteiger charge is -2.26. The van der Waals surface area contributed by atoms with Gasteiger partial charge in [-0.25, -0.2) is 0 Å². The van der Waals surface area contributed by atoms with Crippen molar-refractivity contribution in [1.29, 1.82) is 5.26 Å². The minimum absolute atomic E-state index is 0.157. The molecule has 1 unspecified atom stereocenters. The molecule has 0 spiro atoms. The number of nitrogens with zero attached hydrogens (tertiary/aromatic N) is 3. The summed E-state index contributed by atoms with van der Waals surface area (Å²) in [5.74, 6) is 0.907. The molecule has 5 nitrogen and oxygen atoms in total. The third-order valence-electron chi connectivity index (χ3n) is 3.82. The monoisotopic (exact) mass is 265 g/mol. The van der Waals surface area contributed by atoms with Crippen LogP contribution in [0.1, 0.15) is 32.1 Å². The fourth-order valence-corrected chi connectivity index (χ4v) is 2.64. The van der Waals surface area contributed by atoms with Crippen LogP contribution in [-0.2, 0) is 4.79 Å². The van der Waals surface area contributed by atoms with E-state index >= 15 is 0 Å². The van der Waals surface area contributed by atoms with Crippen LogP contribution in [0.5, 0.6) is 0 Å². The Balaban J connectivity index is 1.74. The molecule has 1 saturated carbocycles. The van der Waals surface area contributed by atoms with Crippen LogP contribution in [0.4, 0.5) is 0 Å². The molecule has 106 valence electrons. The van der Waals surface area contributed by atoms with Crippen molar-refractivity contribution in [3.63, 3.8) is 0 Å². The van der Waals surface area contributed by atoms with Crippen LogP contribution in [0.25, 0.3) is 0 Å². The van der Waals surface area contributed by atoms with Crippen molar-refractivity contribution in [1.82, 2.24) is 9.80 Å². The van der Waals surface area contributed by atoms with Crippen molar-refractivity contribution < 1.29 is 9.90 Å². The van der Waals surface area contributed by atoms with Crippen LogP contribution in [-0.4, -0.2) is 59.6 Å². The molecule has 0 aromatic carbocycles. The number of nitriles is 1. The van der Waals surface area contributed by atoms with E-state index in [0.29, 0.717) is 25.9 Å². The van der Waals surface area contributed by atoms with Gasteiger partial charge in [-0.2, -0.15) is 5.26 Å². The molecule has 2 rings (SSSR count). The molecule has 0 aromatic heterocycles. The molecule has 1 atom stereocenters. The molecule has 1 heterocycles. The highest BCUT2D eigenvalue weighted by Crippen LogP contribution is 2.29. The molecule has 0 aromatic rings. The van der Waals surface area contributed by atoms with Crippen molar-refractivity contribution in [2.45, 2.75) is 38.2 Å². The molecule has 19 heavy (non-hydrogen) atoms. The maximum Gasteiger partial charge on any atom is 0.222 e. The van der Waals surface area contributed by atoms with Gasteiger partial charge in [0.1, 0.15) is 0 Å². The number of aliphatic hydroxyl groups excluding tert-OH is 1. The second-order valence-electron chi connectivity index (χ2n) is 5.71. The lowest BCUT2D eigenvalue weighted by molar-refractivity contribution is -0.129. The normalized spacial score (nSPS) is 20.9. The van der Waals surface area contributed by atoms with Crippen molar-refractivity contribution in [2.75, 3.05) is 32.7 Å². The molecular formula is C14H23N3O2. The first-order chi connectivity index (χ1) is 9.19. The van der Waals surface area contributed by atoms with Gasteiger partial charge in [0, 0.05) is 45.6 Å². The Morgan fingerprint density at radius 1 is 1.53 bits per heavy atom.